The van der Waals surface area contributed by atoms with E-state index >= 15 is 0 Å². The molecule has 0 spiro atoms. The third kappa shape index (κ3) is 2.28. The molecule has 14 heavy (non-hydrogen) atoms. The Labute approximate surface area is 92.3 Å². The van der Waals surface area contributed by atoms with E-state index < -0.39 is 0 Å². The molecule has 0 atom stereocenters. The van der Waals surface area contributed by atoms with Crippen molar-refractivity contribution in [1.82, 2.24) is 5.32 Å². The van der Waals surface area contributed by atoms with Crippen molar-refractivity contribution in [2.24, 2.45) is 0 Å². The molecule has 0 radical (unpaired) electrons. The maximum Gasteiger partial charge on any atom is 0.225 e. The second-order valence-corrected chi connectivity index (χ2v) is 5.02. The van der Waals surface area contributed by atoms with E-state index in [2.05, 4.69) is 5.32 Å². The van der Waals surface area contributed by atoms with E-state index in [4.69, 9.17) is 11.6 Å². The van der Waals surface area contributed by atoms with Gasteiger partial charge < -0.3 is 5.32 Å². The molecule has 76 valence electrons. The van der Waals surface area contributed by atoms with Gasteiger partial charge in [0.25, 0.3) is 0 Å². The minimum Gasteiger partial charge on any atom is -0.349 e. The molecule has 1 heterocycles. The van der Waals surface area contributed by atoms with Gasteiger partial charge in [0.05, 0.1) is 12.0 Å². The van der Waals surface area contributed by atoms with Crippen molar-refractivity contribution in [3.63, 3.8) is 0 Å². The van der Waals surface area contributed by atoms with Gasteiger partial charge >= 0.3 is 0 Å². The van der Waals surface area contributed by atoms with E-state index in [1.807, 2.05) is 17.5 Å². The van der Waals surface area contributed by atoms with E-state index in [1.54, 1.807) is 11.3 Å². The van der Waals surface area contributed by atoms with Gasteiger partial charge in [0.1, 0.15) is 0 Å². The Balaban J connectivity index is 1.85. The van der Waals surface area contributed by atoms with Gasteiger partial charge in [0.2, 0.25) is 5.91 Å². The molecule has 1 N–H and O–H groups in total. The maximum absolute atomic E-state index is 11.6. The molecule has 0 aromatic carbocycles. The molecular weight excluding hydrogens is 218 g/mol. The maximum atomic E-state index is 11.6. The van der Waals surface area contributed by atoms with Crippen LogP contribution in [0.1, 0.15) is 17.7 Å². The molecule has 1 aliphatic rings. The predicted molar refractivity (Wildman–Crippen MR) is 58.9 cm³/mol. The van der Waals surface area contributed by atoms with Gasteiger partial charge in [-0.25, -0.2) is 0 Å². The van der Waals surface area contributed by atoms with Crippen LogP contribution in [0, 0.1) is 0 Å². The molecule has 4 heteroatoms. The molecule has 1 aromatic heterocycles. The molecule has 2 rings (SSSR count). The van der Waals surface area contributed by atoms with Crippen LogP contribution in [0.3, 0.4) is 0 Å². The number of hydrogen-bond donors (Lipinski definition) is 1. The first kappa shape index (κ1) is 9.99. The van der Waals surface area contributed by atoms with E-state index in [-0.39, 0.29) is 11.4 Å². The zero-order valence-corrected chi connectivity index (χ0v) is 9.33. The Morgan fingerprint density at radius 3 is 2.93 bits per heavy atom. The molecule has 1 amide bonds. The van der Waals surface area contributed by atoms with E-state index in [1.165, 1.54) is 0 Å². The summed E-state index contributed by atoms with van der Waals surface area (Å²) in [7, 11) is 0. The summed E-state index contributed by atoms with van der Waals surface area (Å²) < 4.78 is 0. The zero-order chi connectivity index (χ0) is 10.0. The Hall–Kier alpha value is -0.540. The van der Waals surface area contributed by atoms with Gasteiger partial charge in [-0.05, 0) is 24.3 Å². The molecule has 0 unspecified atom stereocenters. The van der Waals surface area contributed by atoms with Gasteiger partial charge in [-0.2, -0.15) is 0 Å². The fourth-order valence-electron chi connectivity index (χ4n) is 1.35. The molecule has 0 bridgehead atoms. The number of rotatable bonds is 4. The quantitative estimate of drug-likeness (QED) is 0.788. The van der Waals surface area contributed by atoms with Gasteiger partial charge in [0, 0.05) is 10.8 Å². The number of carbonyl (C=O) groups excluding carboxylic acids is 1. The Morgan fingerprint density at radius 2 is 2.43 bits per heavy atom. The van der Waals surface area contributed by atoms with Gasteiger partial charge in [-0.3, -0.25) is 4.79 Å². The normalized spacial score (nSPS) is 17.8. The summed E-state index contributed by atoms with van der Waals surface area (Å²) in [5, 5.41) is 4.97. The van der Waals surface area contributed by atoms with E-state index in [0.717, 1.165) is 17.7 Å². The number of amides is 1. The van der Waals surface area contributed by atoms with Crippen LogP contribution >= 0.6 is 22.9 Å². The molecule has 0 saturated heterocycles. The average molecular weight is 230 g/mol. The van der Waals surface area contributed by atoms with Gasteiger partial charge in [-0.1, -0.05) is 6.07 Å². The van der Waals surface area contributed by atoms with Crippen LogP contribution < -0.4 is 5.32 Å². The highest BCUT2D eigenvalue weighted by atomic mass is 35.5. The highest BCUT2D eigenvalue weighted by molar-refractivity contribution is 7.10. The van der Waals surface area contributed by atoms with Crippen molar-refractivity contribution in [3.05, 3.63) is 22.4 Å². The topological polar surface area (TPSA) is 29.1 Å². The first-order valence-corrected chi connectivity index (χ1v) is 6.05. The third-order valence-corrected chi connectivity index (χ3v) is 3.82. The average Bonchev–Trinajstić information content (AvgIpc) is 2.74. The van der Waals surface area contributed by atoms with Crippen molar-refractivity contribution in [1.29, 1.82) is 0 Å². The van der Waals surface area contributed by atoms with Crippen LogP contribution in [-0.2, 0) is 11.2 Å². The largest absolute Gasteiger partial charge is 0.349 e. The highest BCUT2D eigenvalue weighted by Gasteiger charge is 2.42. The highest BCUT2D eigenvalue weighted by Crippen LogP contribution is 2.36. The van der Waals surface area contributed by atoms with Crippen molar-refractivity contribution < 1.29 is 4.79 Å². The van der Waals surface area contributed by atoms with Crippen LogP contribution in [0.5, 0.6) is 0 Å². The lowest BCUT2D eigenvalue weighted by atomic mass is 10.2. The smallest absolute Gasteiger partial charge is 0.225 e. The number of halogens is 1. The molecule has 1 fully saturated rings. The summed E-state index contributed by atoms with van der Waals surface area (Å²) in [5.41, 5.74) is -0.0735. The Kier molecular flexibility index (Phi) is 2.79. The number of carbonyl (C=O) groups is 1. The zero-order valence-electron chi connectivity index (χ0n) is 7.75. The van der Waals surface area contributed by atoms with Gasteiger partial charge in [0.15, 0.2) is 0 Å². The summed E-state index contributed by atoms with van der Waals surface area (Å²) in [4.78, 5) is 12.7. The van der Waals surface area contributed by atoms with Crippen molar-refractivity contribution in [2.45, 2.75) is 24.8 Å². The summed E-state index contributed by atoms with van der Waals surface area (Å²) in [6, 6.07) is 3.94. The second-order valence-electron chi connectivity index (χ2n) is 3.72. The first-order chi connectivity index (χ1) is 6.74. The SMILES string of the molecule is O=C(Cc1cccs1)NC1(CCl)CC1. The van der Waals surface area contributed by atoms with Crippen molar-refractivity contribution >= 4 is 28.8 Å². The Morgan fingerprint density at radius 1 is 1.64 bits per heavy atom. The molecular formula is C10H12ClNOS. The van der Waals surface area contributed by atoms with Crippen molar-refractivity contribution in [3.8, 4) is 0 Å². The monoisotopic (exact) mass is 229 g/mol. The summed E-state index contributed by atoms with van der Waals surface area (Å²) in [5.74, 6) is 0.619. The minimum absolute atomic E-state index is 0.0735. The van der Waals surface area contributed by atoms with Gasteiger partial charge in [-0.15, -0.1) is 22.9 Å². The van der Waals surface area contributed by atoms with Crippen LogP contribution in [0.4, 0.5) is 0 Å². The fourth-order valence-corrected chi connectivity index (χ4v) is 2.39. The molecule has 2 nitrogen and oxygen atoms in total. The molecule has 1 aromatic rings. The van der Waals surface area contributed by atoms with Crippen LogP contribution in [0.15, 0.2) is 17.5 Å². The summed E-state index contributed by atoms with van der Waals surface area (Å²) in [6.07, 6.45) is 2.52. The standard InChI is InChI=1S/C10H12ClNOS/c11-7-10(3-4-10)12-9(13)6-8-2-1-5-14-8/h1-2,5H,3-4,6-7H2,(H,12,13). The number of thiophene rings is 1. The lowest BCUT2D eigenvalue weighted by Gasteiger charge is -2.13. The van der Waals surface area contributed by atoms with E-state index in [0.29, 0.717) is 12.3 Å². The molecule has 1 saturated carbocycles. The summed E-state index contributed by atoms with van der Waals surface area (Å²) >= 11 is 7.38. The molecule has 0 aliphatic heterocycles. The fraction of sp³-hybridized carbons (Fsp3) is 0.500. The molecule has 1 aliphatic carbocycles. The minimum atomic E-state index is -0.0735. The van der Waals surface area contributed by atoms with Crippen LogP contribution in [-0.4, -0.2) is 17.3 Å². The second kappa shape index (κ2) is 3.91. The predicted octanol–water partition coefficient (Wildman–Crippen LogP) is 2.18. The third-order valence-electron chi connectivity index (χ3n) is 2.43. The number of nitrogens with one attached hydrogen (secondary N) is 1. The first-order valence-electron chi connectivity index (χ1n) is 4.63. The van der Waals surface area contributed by atoms with Crippen LogP contribution in [0.25, 0.3) is 0 Å². The number of alkyl halides is 1. The Bertz CT molecular complexity index is 319. The number of hydrogen-bond acceptors (Lipinski definition) is 2. The summed E-state index contributed by atoms with van der Waals surface area (Å²) in [6.45, 7) is 0. The lowest BCUT2D eigenvalue weighted by Crippen LogP contribution is -2.38. The van der Waals surface area contributed by atoms with E-state index in [9.17, 15) is 4.79 Å². The van der Waals surface area contributed by atoms with Crippen LogP contribution in [0.2, 0.25) is 0 Å². The lowest BCUT2D eigenvalue weighted by molar-refractivity contribution is -0.121. The van der Waals surface area contributed by atoms with Crippen molar-refractivity contribution in [2.75, 3.05) is 5.88 Å².